The van der Waals surface area contributed by atoms with Crippen LogP contribution in [0, 0.1) is 17.8 Å². The first-order valence-corrected chi connectivity index (χ1v) is 10.6. The van der Waals surface area contributed by atoms with E-state index in [0.29, 0.717) is 0 Å². The number of halogens is 1. The highest BCUT2D eigenvalue weighted by atomic mass is 35.5. The van der Waals surface area contributed by atoms with Crippen molar-refractivity contribution in [2.45, 2.75) is 37.1 Å². The molecule has 1 saturated carbocycles. The van der Waals surface area contributed by atoms with Crippen LogP contribution in [0.5, 0.6) is 5.75 Å². The molecule has 12 heteroatoms. The average Bonchev–Trinajstić information content (AvgIpc) is 2.72. The van der Waals surface area contributed by atoms with E-state index in [2.05, 4.69) is 5.32 Å². The fourth-order valence-corrected chi connectivity index (χ4v) is 6.10. The first kappa shape index (κ1) is 23.3. The molecule has 0 saturated heterocycles. The van der Waals surface area contributed by atoms with Gasteiger partial charge in [-0.15, -0.1) is 0 Å². The zero-order valence-electron chi connectivity index (χ0n) is 17.7. The van der Waals surface area contributed by atoms with Crippen LogP contribution in [0.4, 0.5) is 11.4 Å². The van der Waals surface area contributed by atoms with Gasteiger partial charge < -0.3 is 42.3 Å². The van der Waals surface area contributed by atoms with Crippen LogP contribution in [0.3, 0.4) is 0 Å². The van der Waals surface area contributed by atoms with Gasteiger partial charge in [0.25, 0.3) is 5.91 Å². The number of aliphatic hydroxyl groups is 4. The Morgan fingerprint density at radius 2 is 1.85 bits per heavy atom. The largest absolute Gasteiger partial charge is 0.508 e. The first-order valence-electron chi connectivity index (χ1n) is 10.2. The van der Waals surface area contributed by atoms with Crippen LogP contribution in [0.1, 0.15) is 35.7 Å². The molecule has 6 atom stereocenters. The maximum Gasteiger partial charge on any atom is 0.255 e. The number of ketones is 2. The lowest BCUT2D eigenvalue weighted by Crippen LogP contribution is -2.67. The fourth-order valence-electron chi connectivity index (χ4n) is 5.82. The molecule has 1 aromatic rings. The van der Waals surface area contributed by atoms with E-state index in [1.165, 1.54) is 14.0 Å². The number of fused-ring (bicyclic) bond motifs is 3. The van der Waals surface area contributed by atoms with Gasteiger partial charge in [0.2, 0.25) is 0 Å². The second-order valence-corrected chi connectivity index (χ2v) is 9.39. The molecule has 1 fully saturated rings. The summed E-state index contributed by atoms with van der Waals surface area (Å²) in [7, 11) is 1.48. The molecule has 0 bridgehead atoms. The summed E-state index contributed by atoms with van der Waals surface area (Å²) < 4.78 is 0. The van der Waals surface area contributed by atoms with E-state index < -0.39 is 76.0 Å². The van der Waals surface area contributed by atoms with Crippen molar-refractivity contribution >= 4 is 40.4 Å². The Labute approximate surface area is 192 Å². The Bertz CT molecular complexity index is 1160. The number of hydrogen-bond donors (Lipinski definition) is 8. The number of aliphatic hydroxyl groups excluding tert-OH is 2. The predicted octanol–water partition coefficient (Wildman–Crippen LogP) is -0.312. The van der Waals surface area contributed by atoms with Crippen molar-refractivity contribution in [3.8, 4) is 5.75 Å². The number of nitrogens with two attached hydrogens (primary N) is 2. The second-order valence-electron chi connectivity index (χ2n) is 9.01. The summed E-state index contributed by atoms with van der Waals surface area (Å²) in [6.45, 7) is 1.36. The third-order valence-corrected chi connectivity index (χ3v) is 7.83. The minimum absolute atomic E-state index is 0.0367. The summed E-state index contributed by atoms with van der Waals surface area (Å²) in [6, 6.07) is 0. The van der Waals surface area contributed by atoms with Gasteiger partial charge in [-0.05, 0) is 13.3 Å². The molecular formula is C21H24ClN3O8. The van der Waals surface area contributed by atoms with Gasteiger partial charge in [-0.25, -0.2) is 0 Å². The van der Waals surface area contributed by atoms with Crippen LogP contribution in [-0.4, -0.2) is 61.8 Å². The number of hydrogen-bond acceptors (Lipinski definition) is 10. The fraction of sp³-hybridized carbons (Fsp3) is 0.476. The Balaban J connectivity index is 1.99. The molecule has 0 aromatic heterocycles. The molecule has 0 aliphatic heterocycles. The molecule has 1 amide bonds. The third-order valence-electron chi connectivity index (χ3n) is 7.43. The van der Waals surface area contributed by atoms with Gasteiger partial charge in [0.15, 0.2) is 22.9 Å². The van der Waals surface area contributed by atoms with Crippen molar-refractivity contribution in [2.75, 3.05) is 18.1 Å². The molecule has 1 aromatic carbocycles. The molecule has 0 radical (unpaired) electrons. The minimum Gasteiger partial charge on any atom is -0.508 e. The molecule has 3 aliphatic carbocycles. The standard InChI is InChI=1S/C21H24ClN3O8/c1-20(32)6-3-5-4-7(26)9(19(24)31)18(30)21(5,33)17(29)8(6)15(27)10-11(20)14(25-2)12(22)13(23)16(10)28/h5-6,8,17,25,28-30,32-33H,3-4,23H2,1-2H3,(H2,24,31)/t5?,6?,8?,17?,20-,21+/m1/s1. The number of phenols is 1. The number of rotatable bonds is 2. The number of nitrogen functional groups attached to an aromatic ring is 1. The Morgan fingerprint density at radius 1 is 1.24 bits per heavy atom. The summed E-state index contributed by atoms with van der Waals surface area (Å²) >= 11 is 6.24. The van der Waals surface area contributed by atoms with Gasteiger partial charge in [-0.1, -0.05) is 11.6 Å². The van der Waals surface area contributed by atoms with Crippen LogP contribution in [0.2, 0.25) is 5.02 Å². The van der Waals surface area contributed by atoms with E-state index in [1.807, 2.05) is 0 Å². The number of anilines is 2. The number of aromatic hydroxyl groups is 1. The van der Waals surface area contributed by atoms with Crippen molar-refractivity contribution < 1.29 is 39.9 Å². The van der Waals surface area contributed by atoms with Gasteiger partial charge in [0, 0.05) is 30.9 Å². The van der Waals surface area contributed by atoms with Crippen LogP contribution in [0.15, 0.2) is 11.3 Å². The van der Waals surface area contributed by atoms with Gasteiger partial charge in [-0.3, -0.25) is 14.4 Å². The maximum atomic E-state index is 13.6. The smallest absolute Gasteiger partial charge is 0.255 e. The van der Waals surface area contributed by atoms with Crippen LogP contribution < -0.4 is 16.8 Å². The molecule has 3 aliphatic rings. The number of benzene rings is 1. The van der Waals surface area contributed by atoms with Crippen molar-refractivity contribution in [3.05, 3.63) is 27.5 Å². The SMILES string of the molecule is CNc1c(Cl)c(N)c(O)c2c1[C@](C)(O)C1CC3CC(=O)C(C(N)=O)=C(O)[C@@]3(O)C(O)C1C2=O. The van der Waals surface area contributed by atoms with Gasteiger partial charge in [-0.2, -0.15) is 0 Å². The average molecular weight is 482 g/mol. The first-order chi connectivity index (χ1) is 15.2. The molecule has 178 valence electrons. The Kier molecular flexibility index (Phi) is 4.99. The molecule has 10 N–H and O–H groups in total. The third kappa shape index (κ3) is 2.70. The summed E-state index contributed by atoms with van der Waals surface area (Å²) in [5.41, 5.74) is 5.09. The number of carbonyl (C=O) groups is 3. The summed E-state index contributed by atoms with van der Waals surface area (Å²) in [4.78, 5) is 37.7. The zero-order valence-corrected chi connectivity index (χ0v) is 18.5. The normalized spacial score (nSPS) is 35.6. The number of primary amides is 1. The van der Waals surface area contributed by atoms with E-state index in [-0.39, 0.29) is 33.9 Å². The lowest BCUT2D eigenvalue weighted by atomic mass is 9.51. The van der Waals surface area contributed by atoms with Crippen molar-refractivity contribution in [3.63, 3.8) is 0 Å². The summed E-state index contributed by atoms with van der Waals surface area (Å²) in [5, 5.41) is 58.1. The van der Waals surface area contributed by atoms with E-state index in [4.69, 9.17) is 23.1 Å². The minimum atomic E-state index is -2.55. The molecule has 11 nitrogen and oxygen atoms in total. The molecule has 0 spiro atoms. The predicted molar refractivity (Wildman–Crippen MR) is 115 cm³/mol. The summed E-state index contributed by atoms with van der Waals surface area (Å²) in [6.07, 6.45) is -2.70. The number of phenolic OH excluding ortho intramolecular Hbond substituents is 1. The highest BCUT2D eigenvalue weighted by molar-refractivity contribution is 6.37. The van der Waals surface area contributed by atoms with Crippen LogP contribution >= 0.6 is 11.6 Å². The highest BCUT2D eigenvalue weighted by Gasteiger charge is 2.66. The zero-order chi connectivity index (χ0) is 24.8. The number of Topliss-reactive ketones (excluding diaryl/α,β-unsaturated/α-hetero) is 2. The lowest BCUT2D eigenvalue weighted by molar-refractivity contribution is -0.195. The van der Waals surface area contributed by atoms with Gasteiger partial charge in [0.05, 0.1) is 33.5 Å². The highest BCUT2D eigenvalue weighted by Crippen LogP contribution is 2.60. The number of nitrogens with one attached hydrogen (secondary N) is 1. The van der Waals surface area contributed by atoms with Gasteiger partial charge >= 0.3 is 0 Å². The molecule has 33 heavy (non-hydrogen) atoms. The lowest BCUT2D eigenvalue weighted by Gasteiger charge is -2.56. The molecule has 0 heterocycles. The monoisotopic (exact) mass is 481 g/mol. The quantitative estimate of drug-likeness (QED) is 0.119. The molecule has 4 unspecified atom stereocenters. The molecule has 4 rings (SSSR count). The van der Waals surface area contributed by atoms with Gasteiger partial charge in [0.1, 0.15) is 17.4 Å². The van der Waals surface area contributed by atoms with E-state index in [9.17, 15) is 39.9 Å². The number of amides is 1. The van der Waals surface area contributed by atoms with E-state index in [0.717, 1.165) is 0 Å². The van der Waals surface area contributed by atoms with Crippen LogP contribution in [-0.2, 0) is 15.2 Å². The van der Waals surface area contributed by atoms with Crippen molar-refractivity contribution in [2.24, 2.45) is 23.5 Å². The van der Waals surface area contributed by atoms with Crippen molar-refractivity contribution in [1.29, 1.82) is 0 Å². The Morgan fingerprint density at radius 3 is 2.39 bits per heavy atom. The maximum absolute atomic E-state index is 13.6. The molecular weight excluding hydrogens is 458 g/mol. The summed E-state index contributed by atoms with van der Waals surface area (Å²) in [5.74, 6) is -8.51. The van der Waals surface area contributed by atoms with Crippen molar-refractivity contribution in [1.82, 2.24) is 0 Å². The Hall–Kier alpha value is -2.86. The van der Waals surface area contributed by atoms with E-state index in [1.54, 1.807) is 0 Å². The second kappa shape index (κ2) is 7.07. The number of carbonyl (C=O) groups excluding carboxylic acids is 3. The van der Waals surface area contributed by atoms with E-state index >= 15 is 0 Å². The topological polar surface area (TPSA) is 216 Å². The van der Waals surface area contributed by atoms with Crippen LogP contribution in [0.25, 0.3) is 0 Å².